The lowest BCUT2D eigenvalue weighted by molar-refractivity contribution is 0.100. The Balaban J connectivity index is 2.09. The zero-order valence-electron chi connectivity index (χ0n) is 11.7. The summed E-state index contributed by atoms with van der Waals surface area (Å²) in [7, 11) is -3.27. The maximum Gasteiger partial charge on any atom is 0.251 e. The molecule has 3 aromatic rings. The van der Waals surface area contributed by atoms with Crippen LogP contribution in [0.1, 0.15) is 23.2 Å². The summed E-state index contributed by atoms with van der Waals surface area (Å²) in [6.45, 7) is 0. The first-order chi connectivity index (χ1) is 10.5. The summed E-state index contributed by atoms with van der Waals surface area (Å²) in [4.78, 5) is 12.1. The zero-order valence-corrected chi connectivity index (χ0v) is 12.5. The third-order valence-corrected chi connectivity index (χ3v) is 6.41. The van der Waals surface area contributed by atoms with Crippen molar-refractivity contribution in [3.8, 4) is 0 Å². The SMILES string of the molecule is NC(=O)c1c2ccc(S(=O)(=O)C3CC3)cc2n2ccccc12. The van der Waals surface area contributed by atoms with Crippen LogP contribution >= 0.6 is 0 Å². The molecule has 0 aliphatic heterocycles. The number of sulfone groups is 1. The molecular formula is C16H14N2O3S. The molecule has 0 spiro atoms. The molecular weight excluding hydrogens is 300 g/mol. The Kier molecular flexibility index (Phi) is 2.62. The number of pyridine rings is 1. The minimum Gasteiger partial charge on any atom is -0.366 e. The number of nitrogens with zero attached hydrogens (tertiary/aromatic N) is 1. The van der Waals surface area contributed by atoms with Gasteiger partial charge < -0.3 is 10.1 Å². The Hall–Kier alpha value is -2.34. The summed E-state index contributed by atoms with van der Waals surface area (Å²) in [6.07, 6.45) is 3.25. The number of primary amides is 1. The van der Waals surface area contributed by atoms with E-state index in [-0.39, 0.29) is 5.25 Å². The normalized spacial score (nSPS) is 15.5. The number of nitrogens with two attached hydrogens (primary N) is 1. The van der Waals surface area contributed by atoms with E-state index in [1.807, 2.05) is 12.1 Å². The van der Waals surface area contributed by atoms with Crippen LogP contribution in [0.25, 0.3) is 16.4 Å². The number of carbonyl (C=O) groups excluding carboxylic acids is 1. The van der Waals surface area contributed by atoms with Gasteiger partial charge in [0.15, 0.2) is 9.84 Å². The molecule has 22 heavy (non-hydrogen) atoms. The van der Waals surface area contributed by atoms with E-state index in [1.165, 1.54) is 0 Å². The Bertz CT molecular complexity index is 1030. The lowest BCUT2D eigenvalue weighted by Gasteiger charge is -2.03. The van der Waals surface area contributed by atoms with E-state index in [2.05, 4.69) is 0 Å². The third-order valence-electron chi connectivity index (χ3n) is 4.15. The van der Waals surface area contributed by atoms with Crippen LogP contribution < -0.4 is 5.73 Å². The Morgan fingerprint density at radius 2 is 1.91 bits per heavy atom. The molecule has 2 heterocycles. The largest absolute Gasteiger partial charge is 0.366 e. The Morgan fingerprint density at radius 1 is 1.14 bits per heavy atom. The van der Waals surface area contributed by atoms with Crippen molar-refractivity contribution in [2.45, 2.75) is 23.0 Å². The fourth-order valence-electron chi connectivity index (χ4n) is 2.92. The summed E-state index contributed by atoms with van der Waals surface area (Å²) in [5, 5.41) is 0.417. The molecule has 0 atom stereocenters. The van der Waals surface area contributed by atoms with Gasteiger partial charge in [0.25, 0.3) is 5.91 Å². The second kappa shape index (κ2) is 4.33. The number of fused-ring (bicyclic) bond motifs is 3. The van der Waals surface area contributed by atoms with Crippen molar-refractivity contribution in [2.24, 2.45) is 5.73 Å². The van der Waals surface area contributed by atoms with Gasteiger partial charge in [-0.15, -0.1) is 0 Å². The second-order valence-corrected chi connectivity index (χ2v) is 7.85. The van der Waals surface area contributed by atoms with E-state index in [0.29, 0.717) is 26.9 Å². The van der Waals surface area contributed by atoms with Gasteiger partial charge in [0.1, 0.15) is 0 Å². The van der Waals surface area contributed by atoms with E-state index >= 15 is 0 Å². The fraction of sp³-hybridized carbons (Fsp3) is 0.188. The van der Waals surface area contributed by atoms with Crippen LogP contribution in [0.15, 0.2) is 47.5 Å². The molecule has 0 bridgehead atoms. The van der Waals surface area contributed by atoms with Crippen molar-refractivity contribution in [3.05, 3.63) is 48.2 Å². The average molecular weight is 314 g/mol. The van der Waals surface area contributed by atoms with Crippen molar-refractivity contribution in [3.63, 3.8) is 0 Å². The van der Waals surface area contributed by atoms with Gasteiger partial charge in [0.2, 0.25) is 0 Å². The number of hydrogen-bond donors (Lipinski definition) is 1. The Labute approximate surface area is 127 Å². The van der Waals surface area contributed by atoms with Crippen LogP contribution in [0.4, 0.5) is 0 Å². The number of carbonyl (C=O) groups is 1. The summed E-state index contributed by atoms with van der Waals surface area (Å²) in [5.74, 6) is -0.517. The summed E-state index contributed by atoms with van der Waals surface area (Å²) < 4.78 is 26.6. The summed E-state index contributed by atoms with van der Waals surface area (Å²) in [5.41, 5.74) is 7.30. The highest BCUT2D eigenvalue weighted by Gasteiger charge is 2.37. The molecule has 112 valence electrons. The maximum absolute atomic E-state index is 12.4. The number of aromatic nitrogens is 1. The smallest absolute Gasteiger partial charge is 0.251 e. The first-order valence-corrected chi connectivity index (χ1v) is 8.61. The molecule has 1 amide bonds. The lowest BCUT2D eigenvalue weighted by Crippen LogP contribution is -2.10. The maximum atomic E-state index is 12.4. The molecule has 1 aromatic carbocycles. The van der Waals surface area contributed by atoms with E-state index in [0.717, 1.165) is 12.8 Å². The van der Waals surface area contributed by atoms with Gasteiger partial charge >= 0.3 is 0 Å². The first-order valence-electron chi connectivity index (χ1n) is 7.06. The quantitative estimate of drug-likeness (QED) is 0.804. The van der Waals surface area contributed by atoms with E-state index < -0.39 is 15.7 Å². The number of rotatable bonds is 3. The van der Waals surface area contributed by atoms with Crippen LogP contribution in [0, 0.1) is 0 Å². The van der Waals surface area contributed by atoms with Crippen molar-refractivity contribution in [1.82, 2.24) is 4.40 Å². The molecule has 2 aromatic heterocycles. The minimum absolute atomic E-state index is 0.258. The highest BCUT2D eigenvalue weighted by Crippen LogP contribution is 2.35. The van der Waals surface area contributed by atoms with Crippen LogP contribution in [-0.2, 0) is 9.84 Å². The number of benzene rings is 1. The highest BCUT2D eigenvalue weighted by atomic mass is 32.2. The number of hydrogen-bond acceptors (Lipinski definition) is 3. The molecule has 1 aliphatic rings. The zero-order chi connectivity index (χ0) is 15.5. The molecule has 4 rings (SSSR count). The van der Waals surface area contributed by atoms with E-state index in [4.69, 9.17) is 5.73 Å². The van der Waals surface area contributed by atoms with Crippen LogP contribution in [-0.4, -0.2) is 24.0 Å². The molecule has 0 unspecified atom stereocenters. The van der Waals surface area contributed by atoms with E-state index in [9.17, 15) is 13.2 Å². The van der Waals surface area contributed by atoms with E-state index in [1.54, 1.807) is 34.9 Å². The van der Waals surface area contributed by atoms with Crippen molar-refractivity contribution in [2.75, 3.05) is 0 Å². The van der Waals surface area contributed by atoms with Crippen LogP contribution in [0.5, 0.6) is 0 Å². The molecule has 0 saturated heterocycles. The Morgan fingerprint density at radius 3 is 2.59 bits per heavy atom. The predicted molar refractivity (Wildman–Crippen MR) is 83.6 cm³/mol. The molecule has 2 N–H and O–H groups in total. The highest BCUT2D eigenvalue weighted by molar-refractivity contribution is 7.92. The van der Waals surface area contributed by atoms with Crippen LogP contribution in [0.2, 0.25) is 0 Å². The van der Waals surface area contributed by atoms with Gasteiger partial charge in [0.05, 0.1) is 26.7 Å². The standard InChI is InChI=1S/C16H14N2O3S/c17-16(19)15-12-7-6-11(22(20,21)10-4-5-10)9-14(12)18-8-2-1-3-13(15)18/h1-3,6-10H,4-5H2,(H2,17,19). The number of amides is 1. The van der Waals surface area contributed by atoms with Crippen molar-refractivity contribution >= 4 is 32.2 Å². The molecule has 1 saturated carbocycles. The van der Waals surface area contributed by atoms with Gasteiger partial charge in [0, 0.05) is 11.6 Å². The molecule has 1 aliphatic carbocycles. The lowest BCUT2D eigenvalue weighted by atomic mass is 10.1. The average Bonchev–Trinajstić information content (AvgIpc) is 3.29. The van der Waals surface area contributed by atoms with Gasteiger partial charge in [-0.1, -0.05) is 12.1 Å². The first kappa shape index (κ1) is 13.3. The molecule has 1 fully saturated rings. The third kappa shape index (κ3) is 1.77. The monoisotopic (exact) mass is 314 g/mol. The van der Waals surface area contributed by atoms with Crippen molar-refractivity contribution in [1.29, 1.82) is 0 Å². The molecule has 0 radical (unpaired) electrons. The van der Waals surface area contributed by atoms with Crippen molar-refractivity contribution < 1.29 is 13.2 Å². The van der Waals surface area contributed by atoms with Gasteiger partial charge in [-0.05, 0) is 37.1 Å². The van der Waals surface area contributed by atoms with Crippen LogP contribution in [0.3, 0.4) is 0 Å². The van der Waals surface area contributed by atoms with Gasteiger partial charge in [-0.2, -0.15) is 0 Å². The predicted octanol–water partition coefficient (Wildman–Crippen LogP) is 2.13. The minimum atomic E-state index is -3.27. The molecule has 5 nitrogen and oxygen atoms in total. The summed E-state index contributed by atoms with van der Waals surface area (Å²) in [6, 6.07) is 10.3. The topological polar surface area (TPSA) is 81.6 Å². The fourth-order valence-corrected chi connectivity index (χ4v) is 4.60. The molecule has 6 heteroatoms. The summed E-state index contributed by atoms with van der Waals surface area (Å²) >= 11 is 0. The second-order valence-electron chi connectivity index (χ2n) is 5.62. The van der Waals surface area contributed by atoms with Gasteiger partial charge in [-0.3, -0.25) is 4.79 Å². The van der Waals surface area contributed by atoms with Gasteiger partial charge in [-0.25, -0.2) is 8.42 Å².